The van der Waals surface area contributed by atoms with Gasteiger partial charge in [0, 0.05) is 6.42 Å². The van der Waals surface area contributed by atoms with Crippen LogP contribution in [0.4, 0.5) is 0 Å². The maximum atomic E-state index is 10.2. The molecule has 116 valence electrons. The first kappa shape index (κ1) is 24.3. The third kappa shape index (κ3) is 38.1. The third-order valence-corrected chi connectivity index (χ3v) is 2.49. The molecule has 0 heterocycles. The maximum absolute atomic E-state index is 10.2. The molecular formula is C15H35NO2Sn. The van der Waals surface area contributed by atoms with Gasteiger partial charge in [-0.1, -0.05) is 58.3 Å². The second-order valence-corrected chi connectivity index (χ2v) is 5.31. The van der Waals surface area contributed by atoms with Crippen LogP contribution in [-0.2, 0) is 4.79 Å². The summed E-state index contributed by atoms with van der Waals surface area (Å²) in [6.45, 7) is 2.23. The van der Waals surface area contributed by atoms with Crippen molar-refractivity contribution in [2.75, 3.05) is 21.1 Å². The molecule has 19 heavy (non-hydrogen) atoms. The molecule has 4 heteroatoms. The Bertz CT molecular complexity index is 173. The van der Waals surface area contributed by atoms with E-state index in [9.17, 15) is 4.79 Å². The van der Waals surface area contributed by atoms with Crippen LogP contribution in [0.15, 0.2) is 0 Å². The topological polar surface area (TPSA) is 40.5 Å². The number of aliphatic carboxylic acids is 1. The summed E-state index contributed by atoms with van der Waals surface area (Å²) in [5, 5.41) is 8.41. The summed E-state index contributed by atoms with van der Waals surface area (Å²) < 4.78 is 0. The summed E-state index contributed by atoms with van der Waals surface area (Å²) in [6, 6.07) is 0. The SMILES string of the molecule is CCCCCCCCCCCC(=O)O.CN(C)C.[SnH2]. The first-order chi connectivity index (χ1) is 8.50. The van der Waals surface area contributed by atoms with Crippen molar-refractivity contribution in [1.82, 2.24) is 4.90 Å². The number of carboxylic acid groups (broad SMARTS) is 1. The van der Waals surface area contributed by atoms with Gasteiger partial charge < -0.3 is 10.0 Å². The number of hydrogen-bond donors (Lipinski definition) is 1. The molecule has 0 saturated carbocycles. The van der Waals surface area contributed by atoms with Gasteiger partial charge in [0.15, 0.2) is 0 Å². The predicted molar refractivity (Wildman–Crippen MR) is 87.6 cm³/mol. The van der Waals surface area contributed by atoms with Crippen LogP contribution < -0.4 is 0 Å². The van der Waals surface area contributed by atoms with E-state index >= 15 is 0 Å². The molecule has 0 saturated heterocycles. The fourth-order valence-corrected chi connectivity index (χ4v) is 1.59. The van der Waals surface area contributed by atoms with E-state index in [4.69, 9.17) is 5.11 Å². The normalized spacial score (nSPS) is 9.53. The Balaban J connectivity index is -0.000000448. The summed E-state index contributed by atoms with van der Waals surface area (Å²) in [6.07, 6.45) is 11.5. The number of carbonyl (C=O) groups is 1. The molecule has 0 aliphatic heterocycles. The molecule has 0 rings (SSSR count). The van der Waals surface area contributed by atoms with Crippen LogP contribution in [0, 0.1) is 0 Å². The van der Waals surface area contributed by atoms with E-state index in [-0.39, 0.29) is 23.9 Å². The van der Waals surface area contributed by atoms with Crippen molar-refractivity contribution in [3.8, 4) is 0 Å². The van der Waals surface area contributed by atoms with Crippen molar-refractivity contribution in [2.45, 2.75) is 71.1 Å². The zero-order valence-electron chi connectivity index (χ0n) is 13.6. The predicted octanol–water partition coefficient (Wildman–Crippen LogP) is 3.25. The van der Waals surface area contributed by atoms with Crippen molar-refractivity contribution < 1.29 is 9.90 Å². The average Bonchev–Trinajstić information content (AvgIpc) is 2.26. The standard InChI is InChI=1S/C12H24O2.C3H9N.Sn.2H/c1-2-3-4-5-6-7-8-9-10-11-12(13)14;1-4(2)3;;;/h2-11H2,1H3,(H,13,14);1-3H3;;;. The molecule has 2 radical (unpaired) electrons. The van der Waals surface area contributed by atoms with E-state index in [2.05, 4.69) is 6.92 Å². The number of nitrogens with zero attached hydrogens (tertiary/aromatic N) is 1. The Kier molecular flexibility index (Phi) is 26.2. The molecule has 0 atom stereocenters. The Hall–Kier alpha value is 0.229. The summed E-state index contributed by atoms with van der Waals surface area (Å²) >= 11 is 0. The van der Waals surface area contributed by atoms with Gasteiger partial charge >= 0.3 is 29.9 Å². The first-order valence-electron chi connectivity index (χ1n) is 7.33. The van der Waals surface area contributed by atoms with Gasteiger partial charge in [0.1, 0.15) is 0 Å². The van der Waals surface area contributed by atoms with Crippen LogP contribution in [0.3, 0.4) is 0 Å². The van der Waals surface area contributed by atoms with Gasteiger partial charge in [0.05, 0.1) is 0 Å². The van der Waals surface area contributed by atoms with E-state index < -0.39 is 5.97 Å². The second kappa shape index (κ2) is 20.5. The molecule has 0 aromatic rings. The van der Waals surface area contributed by atoms with Gasteiger partial charge in [-0.05, 0) is 27.6 Å². The number of rotatable bonds is 10. The fraction of sp³-hybridized carbons (Fsp3) is 0.933. The molecule has 3 nitrogen and oxygen atoms in total. The van der Waals surface area contributed by atoms with Crippen molar-refractivity contribution >= 4 is 29.9 Å². The van der Waals surface area contributed by atoms with Crippen molar-refractivity contribution in [2.24, 2.45) is 0 Å². The second-order valence-electron chi connectivity index (χ2n) is 5.31. The molecule has 0 aliphatic carbocycles. The van der Waals surface area contributed by atoms with Crippen LogP contribution in [0.25, 0.3) is 0 Å². The Morgan fingerprint density at radius 3 is 1.47 bits per heavy atom. The molecule has 0 bridgehead atoms. The van der Waals surface area contributed by atoms with Crippen LogP contribution in [0.5, 0.6) is 0 Å². The molecule has 0 aromatic carbocycles. The van der Waals surface area contributed by atoms with Crippen LogP contribution in [0.2, 0.25) is 0 Å². The van der Waals surface area contributed by atoms with E-state index in [0.29, 0.717) is 6.42 Å². The van der Waals surface area contributed by atoms with Crippen LogP contribution >= 0.6 is 0 Å². The van der Waals surface area contributed by atoms with E-state index in [1.807, 2.05) is 26.0 Å². The fourth-order valence-electron chi connectivity index (χ4n) is 1.59. The van der Waals surface area contributed by atoms with Gasteiger partial charge in [0.2, 0.25) is 0 Å². The quantitative estimate of drug-likeness (QED) is 0.467. The Labute approximate surface area is 137 Å². The summed E-state index contributed by atoms with van der Waals surface area (Å²) in [4.78, 5) is 12.2. The minimum atomic E-state index is -0.659. The van der Waals surface area contributed by atoms with Gasteiger partial charge in [-0.2, -0.15) is 0 Å². The molecule has 0 spiro atoms. The van der Waals surface area contributed by atoms with Crippen molar-refractivity contribution in [3.63, 3.8) is 0 Å². The number of hydrogen-bond acceptors (Lipinski definition) is 2. The molecule has 1 N–H and O–H groups in total. The summed E-state index contributed by atoms with van der Waals surface area (Å²) in [5.74, 6) is -0.659. The Morgan fingerprint density at radius 2 is 1.16 bits per heavy atom. The zero-order chi connectivity index (χ0) is 14.2. The number of carboxylic acids is 1. The summed E-state index contributed by atoms with van der Waals surface area (Å²) in [7, 11) is 6.00. The Morgan fingerprint density at radius 1 is 0.842 bits per heavy atom. The molecule has 0 unspecified atom stereocenters. The average molecular weight is 380 g/mol. The molecule has 0 fully saturated rings. The van der Waals surface area contributed by atoms with E-state index in [1.54, 1.807) is 0 Å². The monoisotopic (exact) mass is 381 g/mol. The molecule has 0 amide bonds. The number of unbranched alkanes of at least 4 members (excludes halogenated alkanes) is 8. The van der Waals surface area contributed by atoms with Crippen LogP contribution in [0.1, 0.15) is 71.1 Å². The van der Waals surface area contributed by atoms with Crippen molar-refractivity contribution in [3.05, 3.63) is 0 Å². The summed E-state index contributed by atoms with van der Waals surface area (Å²) in [5.41, 5.74) is 0. The first-order valence-corrected chi connectivity index (χ1v) is 7.33. The third-order valence-electron chi connectivity index (χ3n) is 2.49. The van der Waals surface area contributed by atoms with Gasteiger partial charge in [-0.3, -0.25) is 4.79 Å². The van der Waals surface area contributed by atoms with Crippen molar-refractivity contribution in [1.29, 1.82) is 0 Å². The minimum absolute atomic E-state index is 0. The molecular weight excluding hydrogens is 345 g/mol. The van der Waals surface area contributed by atoms with Crippen LogP contribution in [-0.4, -0.2) is 61.0 Å². The van der Waals surface area contributed by atoms with E-state index in [1.165, 1.54) is 44.9 Å². The molecule has 0 aromatic heterocycles. The van der Waals surface area contributed by atoms with Gasteiger partial charge in [-0.15, -0.1) is 0 Å². The van der Waals surface area contributed by atoms with Gasteiger partial charge in [-0.25, -0.2) is 0 Å². The molecule has 0 aliphatic rings. The van der Waals surface area contributed by atoms with Gasteiger partial charge in [0.25, 0.3) is 0 Å². The zero-order valence-corrected chi connectivity index (χ0v) is 17.6. The van der Waals surface area contributed by atoms with E-state index in [0.717, 1.165) is 12.8 Å².